The molecule has 0 aromatic rings. The molecule has 0 aromatic heterocycles. The maximum Gasteiger partial charge on any atom is 0.331 e. The van der Waals surface area contributed by atoms with Crippen LogP contribution in [-0.4, -0.2) is 69.4 Å². The van der Waals surface area contributed by atoms with E-state index in [0.29, 0.717) is 25.8 Å². The van der Waals surface area contributed by atoms with Gasteiger partial charge in [0, 0.05) is 43.7 Å². The van der Waals surface area contributed by atoms with Crippen LogP contribution in [0.1, 0.15) is 86.0 Å². The minimum atomic E-state index is -0.873. The molecule has 8 heteroatoms. The topological polar surface area (TPSA) is 136 Å². The van der Waals surface area contributed by atoms with E-state index >= 15 is 0 Å². The van der Waals surface area contributed by atoms with Crippen LogP contribution < -0.4 is 5.32 Å². The summed E-state index contributed by atoms with van der Waals surface area (Å²) in [6, 6.07) is 0. The van der Waals surface area contributed by atoms with Gasteiger partial charge in [-0.3, -0.25) is 4.79 Å². The van der Waals surface area contributed by atoms with Crippen molar-refractivity contribution in [3.63, 3.8) is 0 Å². The molecule has 8 nitrogen and oxygen atoms in total. The second kappa shape index (κ2) is 22.1. The van der Waals surface area contributed by atoms with Gasteiger partial charge in [-0.25, -0.2) is 4.79 Å². The van der Waals surface area contributed by atoms with Gasteiger partial charge in [0.05, 0.1) is 24.4 Å². The van der Waals surface area contributed by atoms with Crippen LogP contribution in [0, 0.1) is 29.6 Å². The molecule has 1 aliphatic rings. The van der Waals surface area contributed by atoms with E-state index in [2.05, 4.69) is 18.8 Å². The van der Waals surface area contributed by atoms with Gasteiger partial charge in [-0.15, -0.1) is 0 Å². The Morgan fingerprint density at radius 1 is 1.05 bits per heavy atom. The SMILES string of the molecule is C=C/C=C\[C@H](C)[C@@H]1OC(=O)/C=C\C=C\[C@@H](CCCCNC(C)=O)[C@@H](O)C[C@H](O)/C=C\C[C@H](O)[C@@H](C)C[C@@H](C)CC[C@@H](O)[C@@H]1C. The Balaban J connectivity index is 3.21. The third-order valence-electron chi connectivity index (χ3n) is 8.59. The molecule has 0 fully saturated rings. The van der Waals surface area contributed by atoms with E-state index in [4.69, 9.17) is 4.74 Å². The van der Waals surface area contributed by atoms with E-state index in [-0.39, 0.29) is 41.9 Å². The van der Waals surface area contributed by atoms with Gasteiger partial charge in [0.1, 0.15) is 6.10 Å². The van der Waals surface area contributed by atoms with Crippen molar-refractivity contribution in [1.82, 2.24) is 5.32 Å². The molecule has 1 heterocycles. The lowest BCUT2D eigenvalue weighted by molar-refractivity contribution is -0.150. The Morgan fingerprint density at radius 3 is 2.45 bits per heavy atom. The number of ether oxygens (including phenoxy) is 1. The van der Waals surface area contributed by atoms with Crippen LogP contribution >= 0.6 is 0 Å². The normalized spacial score (nSPS) is 34.9. The molecule has 1 aliphatic heterocycles. The number of hydrogen-bond donors (Lipinski definition) is 5. The summed E-state index contributed by atoms with van der Waals surface area (Å²) in [5.74, 6) is -1.06. The van der Waals surface area contributed by atoms with Crippen LogP contribution in [-0.2, 0) is 14.3 Å². The molecule has 0 bridgehead atoms. The van der Waals surface area contributed by atoms with Gasteiger partial charge in [0.25, 0.3) is 0 Å². The molecule has 0 unspecified atom stereocenters. The highest BCUT2D eigenvalue weighted by Crippen LogP contribution is 2.28. The standard InChI is InChI=1S/C36H59NO7/c1-7-8-14-26(3)36-28(5)33(41)21-20-25(2)23-27(4)32(40)18-13-17-31(39)24-34(42)30(15-9-10-19-35(43)44-36)16-11-12-22-37-29(6)38/h7-10,13-15,17,19,25-28,30-34,36,39-42H,1,11-12,16,18,20-24H2,2-6H3,(H,37,38)/b14-8-,15-9+,17-13-,19-10-/t25-,26-,27-,28-,30-,31+,32-,33+,34-,36-/m0/s1. The Hall–Kier alpha value is -2.52. The van der Waals surface area contributed by atoms with Crippen molar-refractivity contribution in [2.75, 3.05) is 6.54 Å². The molecular weight excluding hydrogens is 558 g/mol. The number of rotatable bonds is 8. The molecule has 0 radical (unpaired) electrons. The Morgan fingerprint density at radius 2 is 1.77 bits per heavy atom. The zero-order valence-corrected chi connectivity index (χ0v) is 27.6. The first-order valence-electron chi connectivity index (χ1n) is 16.3. The third kappa shape index (κ3) is 16.5. The second-order valence-corrected chi connectivity index (χ2v) is 12.7. The highest BCUT2D eigenvalue weighted by Gasteiger charge is 2.31. The van der Waals surface area contributed by atoms with Crippen LogP contribution in [0.3, 0.4) is 0 Å². The lowest BCUT2D eigenvalue weighted by atomic mass is 9.84. The predicted octanol–water partition coefficient (Wildman–Crippen LogP) is 5.18. The minimum Gasteiger partial charge on any atom is -0.458 e. The van der Waals surface area contributed by atoms with Crippen LogP contribution in [0.25, 0.3) is 0 Å². The number of carbonyl (C=O) groups excluding carboxylic acids is 2. The van der Waals surface area contributed by atoms with E-state index in [9.17, 15) is 30.0 Å². The first-order valence-corrected chi connectivity index (χ1v) is 16.3. The average Bonchev–Trinajstić information content (AvgIpc) is 2.96. The van der Waals surface area contributed by atoms with Crippen molar-refractivity contribution in [1.29, 1.82) is 0 Å². The highest BCUT2D eigenvalue weighted by molar-refractivity contribution is 5.82. The summed E-state index contributed by atoms with van der Waals surface area (Å²) in [4.78, 5) is 24.0. The number of allylic oxidation sites excluding steroid dienone is 4. The van der Waals surface area contributed by atoms with Gasteiger partial charge in [0.15, 0.2) is 0 Å². The van der Waals surface area contributed by atoms with Crippen LogP contribution in [0.4, 0.5) is 0 Å². The van der Waals surface area contributed by atoms with Gasteiger partial charge in [-0.1, -0.05) is 89.3 Å². The maximum absolute atomic E-state index is 12.9. The third-order valence-corrected chi connectivity index (χ3v) is 8.59. The van der Waals surface area contributed by atoms with Gasteiger partial charge >= 0.3 is 5.97 Å². The zero-order chi connectivity index (χ0) is 33.1. The zero-order valence-electron chi connectivity index (χ0n) is 27.6. The number of carbonyl (C=O) groups is 2. The Bertz CT molecular complexity index is 958. The molecule has 0 spiro atoms. The van der Waals surface area contributed by atoms with Crippen molar-refractivity contribution in [2.24, 2.45) is 29.6 Å². The van der Waals surface area contributed by atoms with Crippen molar-refractivity contribution < 1.29 is 34.8 Å². The molecule has 1 rings (SSSR count). The van der Waals surface area contributed by atoms with Crippen LogP contribution in [0.2, 0.25) is 0 Å². The summed E-state index contributed by atoms with van der Waals surface area (Å²) in [7, 11) is 0. The Kier molecular flexibility index (Phi) is 19.8. The monoisotopic (exact) mass is 617 g/mol. The van der Waals surface area contributed by atoms with Gasteiger partial charge in [-0.2, -0.15) is 0 Å². The van der Waals surface area contributed by atoms with E-state index in [0.717, 1.165) is 25.7 Å². The fourth-order valence-corrected chi connectivity index (χ4v) is 5.71. The second-order valence-electron chi connectivity index (χ2n) is 12.7. The maximum atomic E-state index is 12.9. The van der Waals surface area contributed by atoms with E-state index in [1.807, 2.05) is 32.9 Å². The number of aliphatic hydroxyl groups is 4. The number of hydrogen-bond acceptors (Lipinski definition) is 7. The highest BCUT2D eigenvalue weighted by atomic mass is 16.5. The summed E-state index contributed by atoms with van der Waals surface area (Å²) in [5, 5.41) is 46.1. The molecule has 0 aromatic carbocycles. The molecule has 250 valence electrons. The van der Waals surface area contributed by atoms with Crippen LogP contribution in [0.5, 0.6) is 0 Å². The Labute approximate surface area is 265 Å². The summed E-state index contributed by atoms with van der Waals surface area (Å²) in [6.45, 7) is 13.7. The summed E-state index contributed by atoms with van der Waals surface area (Å²) >= 11 is 0. The lowest BCUT2D eigenvalue weighted by Crippen LogP contribution is -2.37. The number of esters is 1. The molecule has 10 atom stereocenters. The number of amides is 1. The van der Waals surface area contributed by atoms with Gasteiger partial charge < -0.3 is 30.5 Å². The van der Waals surface area contributed by atoms with E-state index in [1.165, 1.54) is 13.0 Å². The fourth-order valence-electron chi connectivity index (χ4n) is 5.71. The van der Waals surface area contributed by atoms with Crippen molar-refractivity contribution in [3.05, 3.63) is 61.3 Å². The summed E-state index contributed by atoms with van der Waals surface area (Å²) in [5.41, 5.74) is 0. The molecule has 1 amide bonds. The molecule has 0 aliphatic carbocycles. The van der Waals surface area contributed by atoms with E-state index in [1.54, 1.807) is 36.5 Å². The van der Waals surface area contributed by atoms with Crippen LogP contribution in [0.15, 0.2) is 61.3 Å². The first-order chi connectivity index (χ1) is 20.8. The summed E-state index contributed by atoms with van der Waals surface area (Å²) in [6.07, 6.45) is 16.5. The number of aliphatic hydroxyl groups excluding tert-OH is 4. The lowest BCUT2D eigenvalue weighted by Gasteiger charge is -2.31. The van der Waals surface area contributed by atoms with E-state index < -0.39 is 36.5 Å². The molecular formula is C36H59NO7. The van der Waals surface area contributed by atoms with Crippen molar-refractivity contribution in [2.45, 2.75) is 117 Å². The predicted molar refractivity (Wildman–Crippen MR) is 176 cm³/mol. The number of cyclic esters (lactones) is 1. The number of nitrogens with one attached hydrogen (secondary N) is 1. The molecule has 5 N–H and O–H groups in total. The van der Waals surface area contributed by atoms with Crippen molar-refractivity contribution in [3.8, 4) is 0 Å². The van der Waals surface area contributed by atoms with Crippen molar-refractivity contribution >= 4 is 11.9 Å². The largest absolute Gasteiger partial charge is 0.458 e. The number of unbranched alkanes of at least 4 members (excludes halogenated alkanes) is 1. The molecule has 0 saturated heterocycles. The molecule has 0 saturated carbocycles. The quantitative estimate of drug-likeness (QED) is 0.110. The smallest absolute Gasteiger partial charge is 0.331 e. The average molecular weight is 618 g/mol. The van der Waals surface area contributed by atoms with Gasteiger partial charge in [-0.05, 0) is 50.4 Å². The summed E-state index contributed by atoms with van der Waals surface area (Å²) < 4.78 is 5.87. The fraction of sp³-hybridized carbons (Fsp3) is 0.667. The van der Waals surface area contributed by atoms with Gasteiger partial charge in [0.2, 0.25) is 5.91 Å². The minimum absolute atomic E-state index is 0.0290. The first kappa shape index (κ1) is 39.5. The molecule has 44 heavy (non-hydrogen) atoms.